The van der Waals surface area contributed by atoms with Gasteiger partial charge in [0.05, 0.1) is 35.4 Å². The zero-order valence-corrected chi connectivity index (χ0v) is 14.1. The van der Waals surface area contributed by atoms with Crippen LogP contribution in [-0.4, -0.2) is 31.7 Å². The highest BCUT2D eigenvalue weighted by Gasteiger charge is 2.20. The second kappa shape index (κ2) is 5.34. The Bertz CT molecular complexity index is 1190. The van der Waals surface area contributed by atoms with Crippen molar-refractivity contribution in [3.8, 4) is 17.3 Å². The second-order valence-corrected chi connectivity index (χ2v) is 5.90. The molecule has 0 aliphatic carbocycles. The third-order valence-corrected chi connectivity index (χ3v) is 4.51. The van der Waals surface area contributed by atoms with E-state index in [1.54, 1.807) is 24.1 Å². The van der Waals surface area contributed by atoms with Crippen molar-refractivity contribution in [1.82, 2.24) is 19.5 Å². The van der Waals surface area contributed by atoms with Gasteiger partial charge >= 0.3 is 0 Å². The summed E-state index contributed by atoms with van der Waals surface area (Å²) in [7, 11) is 1.62. The van der Waals surface area contributed by atoms with Gasteiger partial charge in [0.1, 0.15) is 11.2 Å². The maximum absolute atomic E-state index is 10.3. The quantitative estimate of drug-likeness (QED) is 0.524. The van der Waals surface area contributed by atoms with E-state index in [1.807, 2.05) is 26.0 Å². The molecule has 0 amide bonds. The maximum Gasteiger partial charge on any atom is 0.222 e. The van der Waals surface area contributed by atoms with Crippen LogP contribution >= 0.6 is 0 Å². The molecule has 4 aromatic rings. The van der Waals surface area contributed by atoms with Crippen molar-refractivity contribution in [1.29, 1.82) is 5.41 Å². The van der Waals surface area contributed by atoms with Crippen molar-refractivity contribution in [3.05, 3.63) is 47.3 Å². The number of hydrogen-bond acceptors (Lipinski definition) is 5. The summed E-state index contributed by atoms with van der Waals surface area (Å²) in [5, 5.41) is 20.1. The summed E-state index contributed by atoms with van der Waals surface area (Å²) < 4.78 is 7.18. The molecule has 25 heavy (non-hydrogen) atoms. The first-order valence-corrected chi connectivity index (χ1v) is 7.79. The third-order valence-electron chi connectivity index (χ3n) is 4.51. The van der Waals surface area contributed by atoms with Crippen LogP contribution in [-0.2, 0) is 0 Å². The van der Waals surface area contributed by atoms with Crippen LogP contribution in [0.15, 0.2) is 30.7 Å². The molecule has 3 heterocycles. The molecule has 0 unspecified atom stereocenters. The lowest BCUT2D eigenvalue weighted by molar-refractivity contribution is 0.411. The average Bonchev–Trinajstić information content (AvgIpc) is 2.77. The number of nitrogens with zero attached hydrogens (tertiary/aromatic N) is 3. The Balaban J connectivity index is 2.28. The summed E-state index contributed by atoms with van der Waals surface area (Å²) in [5.74, 6) is 0.541. The fourth-order valence-electron chi connectivity index (χ4n) is 3.37. The summed E-state index contributed by atoms with van der Waals surface area (Å²) in [4.78, 5) is 11.5. The van der Waals surface area contributed by atoms with E-state index >= 15 is 0 Å². The molecule has 0 saturated carbocycles. The van der Waals surface area contributed by atoms with Gasteiger partial charge in [0, 0.05) is 11.8 Å². The molecule has 3 aromatic heterocycles. The minimum absolute atomic E-state index is 0.132. The van der Waals surface area contributed by atoms with E-state index in [2.05, 4.69) is 15.0 Å². The molecule has 0 aliphatic heterocycles. The highest BCUT2D eigenvalue weighted by Crippen LogP contribution is 2.32. The van der Waals surface area contributed by atoms with Crippen LogP contribution in [0.25, 0.3) is 27.6 Å². The molecule has 4 rings (SSSR count). The minimum atomic E-state index is -0.191. The second-order valence-electron chi connectivity index (χ2n) is 5.90. The van der Waals surface area contributed by atoms with Crippen LogP contribution in [0.5, 0.6) is 11.6 Å². The monoisotopic (exact) mass is 335 g/mol. The van der Waals surface area contributed by atoms with E-state index in [0.717, 1.165) is 28.1 Å². The van der Waals surface area contributed by atoms with Gasteiger partial charge in [0.2, 0.25) is 5.88 Å². The van der Waals surface area contributed by atoms with Crippen LogP contribution in [0.2, 0.25) is 0 Å². The Morgan fingerprint density at radius 3 is 2.72 bits per heavy atom. The topological polar surface area (TPSA) is 99.8 Å². The molecule has 0 fully saturated rings. The molecule has 1 aromatic carbocycles. The molecule has 126 valence electrons. The number of nitrogens with one attached hydrogen (secondary N) is 2. The third kappa shape index (κ3) is 2.02. The predicted molar refractivity (Wildman–Crippen MR) is 94.3 cm³/mol. The highest BCUT2D eigenvalue weighted by atomic mass is 16.5. The Hall–Kier alpha value is -3.35. The highest BCUT2D eigenvalue weighted by molar-refractivity contribution is 6.07. The molecule has 0 atom stereocenters. The molecule has 3 N–H and O–H groups in total. The van der Waals surface area contributed by atoms with Gasteiger partial charge in [-0.1, -0.05) is 6.07 Å². The van der Waals surface area contributed by atoms with Crippen molar-refractivity contribution in [2.24, 2.45) is 0 Å². The van der Waals surface area contributed by atoms with Crippen LogP contribution in [0, 0.1) is 19.3 Å². The molecule has 0 saturated heterocycles. The van der Waals surface area contributed by atoms with E-state index in [-0.39, 0.29) is 11.4 Å². The Morgan fingerprint density at radius 1 is 1.16 bits per heavy atom. The van der Waals surface area contributed by atoms with Gasteiger partial charge in [-0.3, -0.25) is 9.98 Å². The van der Waals surface area contributed by atoms with E-state index in [4.69, 9.17) is 10.1 Å². The van der Waals surface area contributed by atoms with Gasteiger partial charge in [-0.25, -0.2) is 9.97 Å². The number of methoxy groups -OCH3 is 1. The molecule has 7 heteroatoms. The first-order chi connectivity index (χ1) is 12.0. The lowest BCUT2D eigenvalue weighted by atomic mass is 10.1. The summed E-state index contributed by atoms with van der Waals surface area (Å²) in [6.45, 7) is 3.92. The summed E-state index contributed by atoms with van der Waals surface area (Å²) >= 11 is 0. The predicted octanol–water partition coefficient (Wildman–Crippen LogP) is 2.71. The number of aromatic nitrogens is 4. The van der Waals surface area contributed by atoms with Crippen molar-refractivity contribution in [3.63, 3.8) is 0 Å². The number of rotatable bonds is 2. The number of aromatic hydroxyl groups is 1. The number of H-pyrrole nitrogens is 1. The van der Waals surface area contributed by atoms with Gasteiger partial charge < -0.3 is 14.8 Å². The Kier molecular flexibility index (Phi) is 3.24. The number of benzene rings is 1. The number of aromatic amines is 1. The Morgan fingerprint density at radius 2 is 1.96 bits per heavy atom. The van der Waals surface area contributed by atoms with Crippen molar-refractivity contribution >= 4 is 21.9 Å². The van der Waals surface area contributed by atoms with Gasteiger partial charge in [0.15, 0.2) is 5.65 Å². The maximum atomic E-state index is 10.3. The van der Waals surface area contributed by atoms with Gasteiger partial charge in [0.25, 0.3) is 0 Å². The molecule has 7 nitrogen and oxygen atoms in total. The molecule has 0 bridgehead atoms. The molecule has 0 radical (unpaired) electrons. The van der Waals surface area contributed by atoms with Gasteiger partial charge in [-0.2, -0.15) is 0 Å². The number of aryl methyl sites for hydroxylation is 1. The standard InChI is InChI=1S/C18H17N5O2/c1-9-4-5-12(25-3)10(2)15(9)23-16(19)14-13-11(6-7-20-18(14)24)21-8-22-17(13)23/h4-8,19,24H,1-3H3,(H,21,22). The van der Waals surface area contributed by atoms with Crippen molar-refractivity contribution < 1.29 is 9.84 Å². The van der Waals surface area contributed by atoms with Crippen LogP contribution in [0.3, 0.4) is 0 Å². The first kappa shape index (κ1) is 15.2. The van der Waals surface area contributed by atoms with Crippen molar-refractivity contribution in [2.75, 3.05) is 7.11 Å². The molecule has 0 aliphatic rings. The van der Waals surface area contributed by atoms with E-state index < -0.39 is 0 Å². The van der Waals surface area contributed by atoms with Crippen LogP contribution < -0.4 is 10.2 Å². The fourth-order valence-corrected chi connectivity index (χ4v) is 3.37. The van der Waals surface area contributed by atoms with Crippen molar-refractivity contribution in [2.45, 2.75) is 13.8 Å². The van der Waals surface area contributed by atoms with Gasteiger partial charge in [-0.15, -0.1) is 0 Å². The molecule has 0 spiro atoms. The largest absolute Gasteiger partial charge is 0.496 e. The molecular weight excluding hydrogens is 318 g/mol. The smallest absolute Gasteiger partial charge is 0.222 e. The zero-order chi connectivity index (χ0) is 17.7. The Labute approximate surface area is 143 Å². The minimum Gasteiger partial charge on any atom is -0.496 e. The van der Waals surface area contributed by atoms with E-state index in [1.165, 1.54) is 6.20 Å². The van der Waals surface area contributed by atoms with E-state index in [0.29, 0.717) is 16.4 Å². The number of ether oxygens (including phenoxy) is 1. The van der Waals surface area contributed by atoms with Gasteiger partial charge in [-0.05, 0) is 31.5 Å². The van der Waals surface area contributed by atoms with Crippen LogP contribution in [0.4, 0.5) is 0 Å². The fraction of sp³-hybridized carbons (Fsp3) is 0.167. The first-order valence-electron chi connectivity index (χ1n) is 7.79. The lowest BCUT2D eigenvalue weighted by Crippen LogP contribution is -2.16. The lowest BCUT2D eigenvalue weighted by Gasteiger charge is -2.15. The van der Waals surface area contributed by atoms with Crippen LogP contribution in [0.1, 0.15) is 11.1 Å². The summed E-state index contributed by atoms with van der Waals surface area (Å²) in [5.41, 5.74) is 4.17. The number of hydrogen-bond donors (Lipinski definition) is 3. The summed E-state index contributed by atoms with van der Waals surface area (Å²) in [6, 6.07) is 5.61. The summed E-state index contributed by atoms with van der Waals surface area (Å²) in [6.07, 6.45) is 3.08. The normalized spacial score (nSPS) is 11.3. The zero-order valence-electron chi connectivity index (χ0n) is 14.1. The SMILES string of the molecule is COc1ccc(C)c(-n2c(=N)c3c(O)nccc4[nH]cnc2c43)c1C. The van der Waals surface area contributed by atoms with E-state index in [9.17, 15) is 5.11 Å². The average molecular weight is 335 g/mol. The molecular formula is C18H17N5O2.